The Morgan fingerprint density at radius 2 is 1.79 bits per heavy atom. The summed E-state index contributed by atoms with van der Waals surface area (Å²) < 4.78 is 0. The first-order chi connectivity index (χ1) is 6.26. The molecule has 0 nitrogen and oxygen atoms in total. The highest BCUT2D eigenvalue weighted by atomic mass is 35.5. The average molecular weight is 229 g/mol. The Balaban J connectivity index is 3.24. The third-order valence-electron chi connectivity index (χ3n) is 4.18. The third kappa shape index (κ3) is 1.51. The highest BCUT2D eigenvalue weighted by molar-refractivity contribution is 6.86. The minimum Gasteiger partial charge on any atom is -0.130 e. The predicted molar refractivity (Wildman–Crippen MR) is 68.7 cm³/mol. The van der Waals surface area contributed by atoms with Crippen molar-refractivity contribution in [3.8, 4) is 0 Å². The molecular formula is C12H21ClSi. The monoisotopic (exact) mass is 228 g/mol. The summed E-state index contributed by atoms with van der Waals surface area (Å²) in [6.45, 7) is 13.8. The van der Waals surface area contributed by atoms with Crippen LogP contribution < -0.4 is 0 Å². The fourth-order valence-electron chi connectivity index (χ4n) is 2.18. The van der Waals surface area contributed by atoms with E-state index in [1.54, 1.807) is 0 Å². The lowest BCUT2D eigenvalue weighted by atomic mass is 10.0. The van der Waals surface area contributed by atoms with Crippen molar-refractivity contribution in [3.05, 3.63) is 22.8 Å². The molecule has 0 N–H and O–H groups in total. The number of rotatable bonds is 2. The van der Waals surface area contributed by atoms with E-state index in [0.29, 0.717) is 0 Å². The number of halogens is 1. The van der Waals surface area contributed by atoms with Crippen molar-refractivity contribution < 1.29 is 0 Å². The van der Waals surface area contributed by atoms with Crippen molar-refractivity contribution in [2.75, 3.05) is 5.50 Å². The van der Waals surface area contributed by atoms with E-state index >= 15 is 0 Å². The molecule has 1 aliphatic carbocycles. The van der Waals surface area contributed by atoms with Crippen LogP contribution in [0, 0.1) is 0 Å². The summed E-state index contributed by atoms with van der Waals surface area (Å²) in [4.78, 5) is 0. The van der Waals surface area contributed by atoms with Gasteiger partial charge >= 0.3 is 0 Å². The van der Waals surface area contributed by atoms with Crippen LogP contribution in [0.5, 0.6) is 0 Å². The first-order valence-electron chi connectivity index (χ1n) is 5.20. The van der Waals surface area contributed by atoms with E-state index in [9.17, 15) is 0 Å². The van der Waals surface area contributed by atoms with Crippen LogP contribution in [0.25, 0.3) is 0 Å². The second-order valence-corrected chi connectivity index (χ2v) is 11.2. The predicted octanol–water partition coefficient (Wildman–Crippen LogP) is 4.53. The van der Waals surface area contributed by atoms with Crippen LogP contribution in [0.1, 0.15) is 27.7 Å². The van der Waals surface area contributed by atoms with E-state index in [-0.39, 0.29) is 5.04 Å². The molecular weight excluding hydrogens is 208 g/mol. The molecule has 0 radical (unpaired) electrons. The van der Waals surface area contributed by atoms with Gasteiger partial charge in [0.05, 0.1) is 8.07 Å². The zero-order valence-corrected chi connectivity index (χ0v) is 11.9. The Hall–Kier alpha value is -0.0131. The lowest BCUT2D eigenvalue weighted by Gasteiger charge is -2.39. The summed E-state index contributed by atoms with van der Waals surface area (Å²) in [5.41, 5.74) is 5.28. The summed E-state index contributed by atoms with van der Waals surface area (Å²) in [5, 5.41) is 0.267. The highest BCUT2D eigenvalue weighted by Gasteiger charge is 2.44. The van der Waals surface area contributed by atoms with Gasteiger partial charge in [0.2, 0.25) is 0 Å². The topological polar surface area (TPSA) is 0 Å². The summed E-state index contributed by atoms with van der Waals surface area (Å²) in [7, 11) is -1.38. The standard InChI is InChI=1S/C12H21ClSi/c1-9-7-12(4,11(3)10(9)2)14(5,6)8-13/h7H,8H2,1-6H3. The van der Waals surface area contributed by atoms with Gasteiger partial charge in [-0.05, 0) is 26.3 Å². The smallest absolute Gasteiger partial charge is 0.0788 e. The summed E-state index contributed by atoms with van der Waals surface area (Å²) in [6, 6.07) is 0. The van der Waals surface area contributed by atoms with Gasteiger partial charge in [-0.15, -0.1) is 11.6 Å². The molecule has 1 aliphatic rings. The van der Waals surface area contributed by atoms with E-state index in [4.69, 9.17) is 11.6 Å². The zero-order chi connectivity index (χ0) is 11.1. The number of alkyl halides is 1. The molecule has 0 saturated carbocycles. The SMILES string of the molecule is CC1=CC(C)([Si](C)(C)CCl)C(C)=C1C. The van der Waals surface area contributed by atoms with Crippen LogP contribution in [-0.4, -0.2) is 13.6 Å². The van der Waals surface area contributed by atoms with Crippen molar-refractivity contribution in [1.29, 1.82) is 0 Å². The van der Waals surface area contributed by atoms with Crippen LogP contribution in [0.4, 0.5) is 0 Å². The molecule has 14 heavy (non-hydrogen) atoms. The Bertz CT molecular complexity index is 312. The fraction of sp³-hybridized carbons (Fsp3) is 0.667. The van der Waals surface area contributed by atoms with E-state index in [1.165, 1.54) is 16.7 Å². The molecule has 0 bridgehead atoms. The Labute approximate surface area is 94.1 Å². The Morgan fingerprint density at radius 1 is 1.29 bits per heavy atom. The molecule has 80 valence electrons. The van der Waals surface area contributed by atoms with Gasteiger partial charge in [-0.1, -0.05) is 37.2 Å². The van der Waals surface area contributed by atoms with Gasteiger partial charge in [0.1, 0.15) is 0 Å². The van der Waals surface area contributed by atoms with Crippen LogP contribution >= 0.6 is 11.6 Å². The Kier molecular flexibility index (Phi) is 3.04. The molecule has 0 aromatic rings. The van der Waals surface area contributed by atoms with Crippen molar-refractivity contribution in [2.24, 2.45) is 0 Å². The van der Waals surface area contributed by atoms with Gasteiger partial charge in [0.15, 0.2) is 0 Å². The van der Waals surface area contributed by atoms with Gasteiger partial charge in [-0.25, -0.2) is 0 Å². The lowest BCUT2D eigenvalue weighted by Crippen LogP contribution is -2.42. The molecule has 0 amide bonds. The minimum atomic E-state index is -1.38. The molecule has 0 aliphatic heterocycles. The number of allylic oxidation sites excluding steroid dienone is 4. The zero-order valence-electron chi connectivity index (χ0n) is 10.2. The lowest BCUT2D eigenvalue weighted by molar-refractivity contribution is 0.850. The fourth-order valence-corrected chi connectivity index (χ4v) is 5.10. The maximum atomic E-state index is 6.13. The second-order valence-electron chi connectivity index (χ2n) is 5.30. The molecule has 1 atom stereocenters. The molecule has 0 heterocycles. The van der Waals surface area contributed by atoms with Gasteiger partial charge in [-0.2, -0.15) is 0 Å². The quantitative estimate of drug-likeness (QED) is 0.481. The molecule has 2 heteroatoms. The van der Waals surface area contributed by atoms with Crippen LogP contribution in [0.3, 0.4) is 0 Å². The third-order valence-corrected chi connectivity index (χ3v) is 10.2. The molecule has 0 saturated heterocycles. The highest BCUT2D eigenvalue weighted by Crippen LogP contribution is 2.53. The summed E-state index contributed by atoms with van der Waals surface area (Å²) >= 11 is 6.13. The van der Waals surface area contributed by atoms with Crippen LogP contribution in [-0.2, 0) is 0 Å². The normalized spacial score (nSPS) is 28.4. The van der Waals surface area contributed by atoms with E-state index in [1.807, 2.05) is 0 Å². The second kappa shape index (κ2) is 3.53. The average Bonchev–Trinajstić information content (AvgIpc) is 2.32. The van der Waals surface area contributed by atoms with Crippen molar-refractivity contribution in [2.45, 2.75) is 45.8 Å². The molecule has 1 unspecified atom stereocenters. The maximum absolute atomic E-state index is 6.13. The first kappa shape index (κ1) is 12.1. The summed E-state index contributed by atoms with van der Waals surface area (Å²) in [6.07, 6.45) is 2.44. The molecule has 0 spiro atoms. The van der Waals surface area contributed by atoms with Crippen molar-refractivity contribution >= 4 is 19.7 Å². The first-order valence-corrected chi connectivity index (χ1v) is 8.94. The molecule has 1 rings (SSSR count). The van der Waals surface area contributed by atoms with Crippen molar-refractivity contribution in [1.82, 2.24) is 0 Å². The van der Waals surface area contributed by atoms with Crippen LogP contribution in [0.2, 0.25) is 18.1 Å². The number of hydrogen-bond acceptors (Lipinski definition) is 0. The van der Waals surface area contributed by atoms with Gasteiger partial charge in [0.25, 0.3) is 0 Å². The molecule has 0 aromatic carbocycles. The number of hydrogen-bond donors (Lipinski definition) is 0. The van der Waals surface area contributed by atoms with Gasteiger partial charge in [0, 0.05) is 10.5 Å². The summed E-state index contributed by atoms with van der Waals surface area (Å²) in [5.74, 6) is 0. The molecule has 0 aromatic heterocycles. The minimum absolute atomic E-state index is 0.267. The van der Waals surface area contributed by atoms with Crippen LogP contribution in [0.15, 0.2) is 22.8 Å². The van der Waals surface area contributed by atoms with E-state index in [0.717, 1.165) is 5.50 Å². The van der Waals surface area contributed by atoms with Gasteiger partial charge < -0.3 is 0 Å². The van der Waals surface area contributed by atoms with E-state index < -0.39 is 8.07 Å². The largest absolute Gasteiger partial charge is 0.130 e. The molecule has 0 fully saturated rings. The van der Waals surface area contributed by atoms with Gasteiger partial charge in [-0.3, -0.25) is 0 Å². The Morgan fingerprint density at radius 3 is 2.07 bits per heavy atom. The van der Waals surface area contributed by atoms with Crippen molar-refractivity contribution in [3.63, 3.8) is 0 Å². The maximum Gasteiger partial charge on any atom is 0.0788 e. The van der Waals surface area contributed by atoms with E-state index in [2.05, 4.69) is 46.9 Å².